The van der Waals surface area contributed by atoms with Gasteiger partial charge in [-0.25, -0.2) is 20.9 Å². The van der Waals surface area contributed by atoms with E-state index in [-0.39, 0.29) is 52.7 Å². The van der Waals surface area contributed by atoms with E-state index in [2.05, 4.69) is 10.9 Å². The van der Waals surface area contributed by atoms with Crippen LogP contribution in [-0.2, 0) is 0 Å². The molecule has 4 rings (SSSR count). The normalized spacial score (nSPS) is 16.8. The summed E-state index contributed by atoms with van der Waals surface area (Å²) in [6, 6.07) is 5.76. The monoisotopic (exact) mass is 398 g/mol. The molecular weight excluding hydrogens is 380 g/mol. The van der Waals surface area contributed by atoms with Gasteiger partial charge in [-0.2, -0.15) is 0 Å². The fourth-order valence-electron chi connectivity index (χ4n) is 3.55. The van der Waals surface area contributed by atoms with Crippen molar-refractivity contribution in [1.29, 1.82) is 0 Å². The number of hydrogen-bond donors (Lipinski definition) is 4. The van der Waals surface area contributed by atoms with Crippen LogP contribution in [0.4, 0.5) is 0 Å². The van der Waals surface area contributed by atoms with Gasteiger partial charge in [0.1, 0.15) is 0 Å². The van der Waals surface area contributed by atoms with Crippen molar-refractivity contribution in [3.8, 4) is 0 Å². The zero-order valence-electron chi connectivity index (χ0n) is 15.4. The largest absolute Gasteiger partial charge is 0.395 e. The Morgan fingerprint density at radius 1 is 0.793 bits per heavy atom. The minimum absolute atomic E-state index is 0.00538. The molecule has 1 atom stereocenters. The number of aliphatic hydroxyl groups is 2. The highest BCUT2D eigenvalue weighted by Gasteiger charge is 2.39. The van der Waals surface area contributed by atoms with E-state index in [9.17, 15) is 24.3 Å². The summed E-state index contributed by atoms with van der Waals surface area (Å²) in [6.45, 7) is 1.25. The van der Waals surface area contributed by atoms with E-state index in [1.165, 1.54) is 31.2 Å². The van der Waals surface area contributed by atoms with Gasteiger partial charge in [-0.1, -0.05) is 0 Å². The van der Waals surface area contributed by atoms with E-state index in [4.69, 9.17) is 5.11 Å². The molecule has 0 aromatic heterocycles. The maximum Gasteiger partial charge on any atom is 0.275 e. The van der Waals surface area contributed by atoms with Gasteiger partial charge < -0.3 is 10.2 Å². The molecule has 0 aliphatic carbocycles. The number of carbonyl (C=O) groups is 4. The highest BCUT2D eigenvalue weighted by molar-refractivity contribution is 6.33. The van der Waals surface area contributed by atoms with Crippen LogP contribution >= 0.6 is 0 Å². The second-order valence-electron chi connectivity index (χ2n) is 6.81. The van der Waals surface area contributed by atoms with E-state index >= 15 is 0 Å². The number of imide groups is 2. The smallest absolute Gasteiger partial charge is 0.275 e. The van der Waals surface area contributed by atoms with Gasteiger partial charge in [-0.3, -0.25) is 19.2 Å². The van der Waals surface area contributed by atoms with Gasteiger partial charge in [0.2, 0.25) is 0 Å². The standard InChI is InChI=1S/C19H18N4O6/c1-9(25)8-21-23-18(28)12-4-2-10-14-11(3-5-13(15(12)14)19(23)29)17(27)22(16(10)26)20-6-7-24/h2-5,9,20-21,24-25H,6-8H2,1H3. The lowest BCUT2D eigenvalue weighted by Gasteiger charge is -2.32. The van der Waals surface area contributed by atoms with E-state index in [1.54, 1.807) is 0 Å². The van der Waals surface area contributed by atoms with Crippen LogP contribution in [0.2, 0.25) is 0 Å². The Kier molecular flexibility index (Phi) is 4.63. The third-order valence-electron chi connectivity index (χ3n) is 4.82. The number of hydrazine groups is 2. The van der Waals surface area contributed by atoms with Gasteiger partial charge in [0.15, 0.2) is 0 Å². The third kappa shape index (κ3) is 2.81. The predicted octanol–water partition coefficient (Wildman–Crippen LogP) is -0.586. The molecule has 0 saturated carbocycles. The maximum atomic E-state index is 12.9. The Morgan fingerprint density at radius 2 is 1.17 bits per heavy atom. The van der Waals surface area contributed by atoms with Crippen LogP contribution < -0.4 is 10.9 Å². The van der Waals surface area contributed by atoms with Gasteiger partial charge in [-0.05, 0) is 31.2 Å². The molecule has 2 aliphatic rings. The fourth-order valence-corrected chi connectivity index (χ4v) is 3.55. The molecule has 4 N–H and O–H groups in total. The molecule has 4 amide bonds. The summed E-state index contributed by atoms with van der Waals surface area (Å²) >= 11 is 0. The first-order chi connectivity index (χ1) is 13.9. The first kappa shape index (κ1) is 19.2. The number of amides is 4. The predicted molar refractivity (Wildman–Crippen MR) is 99.7 cm³/mol. The fraction of sp³-hybridized carbons (Fsp3) is 0.263. The Labute approximate surface area is 164 Å². The van der Waals surface area contributed by atoms with Crippen LogP contribution in [0.25, 0.3) is 10.8 Å². The molecule has 0 bridgehead atoms. The molecule has 0 fully saturated rings. The third-order valence-corrected chi connectivity index (χ3v) is 4.82. The number of nitrogens with zero attached hydrogens (tertiary/aromatic N) is 2. The van der Waals surface area contributed by atoms with E-state index < -0.39 is 29.7 Å². The Morgan fingerprint density at radius 3 is 1.52 bits per heavy atom. The molecule has 2 aromatic rings. The van der Waals surface area contributed by atoms with Crippen LogP contribution in [0.1, 0.15) is 48.4 Å². The van der Waals surface area contributed by atoms with Gasteiger partial charge >= 0.3 is 0 Å². The van der Waals surface area contributed by atoms with E-state index in [0.717, 1.165) is 10.0 Å². The van der Waals surface area contributed by atoms with Crippen molar-refractivity contribution in [2.75, 3.05) is 19.7 Å². The summed E-state index contributed by atoms with van der Waals surface area (Å²) in [6.07, 6.45) is -0.778. The summed E-state index contributed by atoms with van der Waals surface area (Å²) in [5, 5.41) is 20.6. The highest BCUT2D eigenvalue weighted by Crippen LogP contribution is 2.37. The highest BCUT2D eigenvalue weighted by atomic mass is 16.3. The van der Waals surface area contributed by atoms with Crippen molar-refractivity contribution in [2.24, 2.45) is 0 Å². The van der Waals surface area contributed by atoms with Crippen LogP contribution in [-0.4, -0.2) is 69.7 Å². The molecule has 2 aromatic carbocycles. The number of benzene rings is 2. The summed E-state index contributed by atoms with van der Waals surface area (Å²) in [7, 11) is 0. The Hall–Kier alpha value is -3.18. The van der Waals surface area contributed by atoms with Gasteiger partial charge in [0.25, 0.3) is 23.6 Å². The Balaban J connectivity index is 1.87. The van der Waals surface area contributed by atoms with Crippen LogP contribution in [0.5, 0.6) is 0 Å². The molecule has 2 aliphatic heterocycles. The number of carbonyl (C=O) groups excluding carboxylic acids is 4. The summed E-state index contributed by atoms with van der Waals surface area (Å²) in [5.74, 6) is -2.52. The number of hydrogen-bond acceptors (Lipinski definition) is 8. The minimum Gasteiger partial charge on any atom is -0.395 e. The lowest BCUT2D eigenvalue weighted by atomic mass is 9.86. The molecule has 29 heavy (non-hydrogen) atoms. The van der Waals surface area contributed by atoms with Crippen molar-refractivity contribution >= 4 is 34.4 Å². The molecule has 10 heteroatoms. The number of aliphatic hydroxyl groups excluding tert-OH is 2. The zero-order valence-corrected chi connectivity index (χ0v) is 15.4. The van der Waals surface area contributed by atoms with E-state index in [0.29, 0.717) is 0 Å². The molecule has 10 nitrogen and oxygen atoms in total. The van der Waals surface area contributed by atoms with Crippen LogP contribution in [0.15, 0.2) is 24.3 Å². The Bertz CT molecular complexity index is 1010. The molecule has 0 saturated heterocycles. The van der Waals surface area contributed by atoms with Crippen molar-refractivity contribution in [3.63, 3.8) is 0 Å². The average molecular weight is 398 g/mol. The molecule has 0 spiro atoms. The molecule has 1 unspecified atom stereocenters. The zero-order chi connectivity index (χ0) is 20.9. The van der Waals surface area contributed by atoms with Crippen LogP contribution in [0.3, 0.4) is 0 Å². The van der Waals surface area contributed by atoms with Crippen LogP contribution in [0, 0.1) is 0 Å². The van der Waals surface area contributed by atoms with Crippen molar-refractivity contribution in [2.45, 2.75) is 13.0 Å². The SMILES string of the molecule is CC(O)CNN1C(=O)c2ccc3c4c(ccc(c24)C1=O)C(=O)N(NCCO)C3=O. The van der Waals surface area contributed by atoms with Gasteiger partial charge in [0.05, 0.1) is 35.0 Å². The second-order valence-corrected chi connectivity index (χ2v) is 6.81. The average Bonchev–Trinajstić information content (AvgIpc) is 2.70. The minimum atomic E-state index is -0.778. The topological polar surface area (TPSA) is 139 Å². The lowest BCUT2D eigenvalue weighted by molar-refractivity contribution is 0.0471. The summed E-state index contributed by atoms with van der Waals surface area (Å²) < 4.78 is 0. The molecule has 2 heterocycles. The molecule has 0 radical (unpaired) electrons. The number of nitrogens with one attached hydrogen (secondary N) is 2. The van der Waals surface area contributed by atoms with Crippen molar-refractivity contribution in [1.82, 2.24) is 20.9 Å². The quantitative estimate of drug-likeness (QED) is 0.474. The van der Waals surface area contributed by atoms with Crippen molar-refractivity contribution < 1.29 is 29.4 Å². The van der Waals surface area contributed by atoms with E-state index in [1.807, 2.05) is 0 Å². The maximum absolute atomic E-state index is 12.9. The van der Waals surface area contributed by atoms with Gasteiger partial charge in [0, 0.05) is 23.9 Å². The molecular formula is C19H18N4O6. The first-order valence-corrected chi connectivity index (χ1v) is 9.00. The molecule has 150 valence electrons. The number of rotatable bonds is 6. The lowest BCUT2D eigenvalue weighted by Crippen LogP contribution is -2.52. The first-order valence-electron chi connectivity index (χ1n) is 9.00. The summed E-state index contributed by atoms with van der Waals surface area (Å²) in [4.78, 5) is 51.3. The summed E-state index contributed by atoms with van der Waals surface area (Å²) in [5.41, 5.74) is 5.90. The van der Waals surface area contributed by atoms with Gasteiger partial charge in [-0.15, -0.1) is 0 Å². The van der Waals surface area contributed by atoms with Crippen molar-refractivity contribution in [3.05, 3.63) is 46.5 Å². The second kappa shape index (κ2) is 7.01.